The highest BCUT2D eigenvalue weighted by Crippen LogP contribution is 2.25. The number of anilines is 1. The Morgan fingerprint density at radius 1 is 0.962 bits per heavy atom. The van der Waals surface area contributed by atoms with Gasteiger partial charge in [-0.2, -0.15) is 0 Å². The third kappa shape index (κ3) is 6.22. The van der Waals surface area contributed by atoms with Crippen LogP contribution in [0.3, 0.4) is 0 Å². The summed E-state index contributed by atoms with van der Waals surface area (Å²) in [7, 11) is 0. The summed E-state index contributed by atoms with van der Waals surface area (Å²) in [6.45, 7) is 15.3. The van der Waals surface area contributed by atoms with Crippen molar-refractivity contribution in [3.8, 4) is 0 Å². The third-order valence-corrected chi connectivity index (χ3v) is 4.41. The smallest absolute Gasteiger partial charge is 0.0384 e. The number of allylic oxidation sites excluding steroid dienone is 2. The second kappa shape index (κ2) is 8.89. The van der Waals surface area contributed by atoms with Crippen LogP contribution in [0.5, 0.6) is 0 Å². The van der Waals surface area contributed by atoms with Crippen LogP contribution >= 0.6 is 0 Å². The van der Waals surface area contributed by atoms with Crippen LogP contribution in [0.15, 0.2) is 61.2 Å². The average molecular weight is 348 g/mol. The molecule has 0 aliphatic heterocycles. The quantitative estimate of drug-likeness (QED) is 0.545. The summed E-state index contributed by atoms with van der Waals surface area (Å²) >= 11 is 0. The second-order valence-corrected chi connectivity index (χ2v) is 8.17. The maximum absolute atomic E-state index is 4.20. The molecule has 1 N–H and O–H groups in total. The van der Waals surface area contributed by atoms with Gasteiger partial charge in [0.1, 0.15) is 0 Å². The largest absolute Gasteiger partial charge is 0.356 e. The predicted molar refractivity (Wildman–Crippen MR) is 117 cm³/mol. The van der Waals surface area contributed by atoms with E-state index in [-0.39, 0.29) is 5.41 Å². The van der Waals surface area contributed by atoms with Gasteiger partial charge in [-0.05, 0) is 59.6 Å². The molecule has 0 saturated heterocycles. The van der Waals surface area contributed by atoms with Gasteiger partial charge in [0, 0.05) is 11.4 Å². The molecule has 0 atom stereocenters. The zero-order valence-electron chi connectivity index (χ0n) is 17.0. The molecule has 0 saturated carbocycles. The Balaban J connectivity index is 2.03. The van der Waals surface area contributed by atoms with Crippen molar-refractivity contribution in [2.45, 2.75) is 53.9 Å². The summed E-state index contributed by atoms with van der Waals surface area (Å²) < 4.78 is 0. The SMILES string of the molecule is C=C(Nc1ccc(CCCC)cc1)c1ccc(/C(C)=C/C(C)(C)C)cc1. The Hall–Kier alpha value is -2.28. The molecule has 0 aromatic heterocycles. The van der Waals surface area contributed by atoms with Crippen LogP contribution in [-0.4, -0.2) is 0 Å². The maximum Gasteiger partial charge on any atom is 0.0384 e. The van der Waals surface area contributed by atoms with Crippen molar-refractivity contribution in [2.75, 3.05) is 5.32 Å². The van der Waals surface area contributed by atoms with Crippen LogP contribution < -0.4 is 5.32 Å². The minimum absolute atomic E-state index is 0.192. The summed E-state index contributed by atoms with van der Waals surface area (Å²) in [5, 5.41) is 3.42. The fourth-order valence-corrected chi connectivity index (χ4v) is 3.05. The van der Waals surface area contributed by atoms with E-state index >= 15 is 0 Å². The van der Waals surface area contributed by atoms with Crippen LogP contribution in [0, 0.1) is 5.41 Å². The molecular weight excluding hydrogens is 314 g/mol. The van der Waals surface area contributed by atoms with Crippen molar-refractivity contribution in [1.82, 2.24) is 0 Å². The third-order valence-electron chi connectivity index (χ3n) is 4.41. The zero-order chi connectivity index (χ0) is 19.2. The fourth-order valence-electron chi connectivity index (χ4n) is 3.05. The first-order chi connectivity index (χ1) is 12.3. The summed E-state index contributed by atoms with van der Waals surface area (Å²) in [5.74, 6) is 0. The lowest BCUT2D eigenvalue weighted by Gasteiger charge is -2.15. The highest BCUT2D eigenvalue weighted by atomic mass is 14.9. The van der Waals surface area contributed by atoms with Crippen molar-refractivity contribution in [3.63, 3.8) is 0 Å². The van der Waals surface area contributed by atoms with Crippen molar-refractivity contribution >= 4 is 17.0 Å². The number of nitrogens with one attached hydrogen (secondary N) is 1. The van der Waals surface area contributed by atoms with Gasteiger partial charge in [-0.25, -0.2) is 0 Å². The summed E-state index contributed by atoms with van der Waals surface area (Å²) in [4.78, 5) is 0. The Labute approximate surface area is 159 Å². The van der Waals surface area contributed by atoms with Crippen LogP contribution in [0.2, 0.25) is 0 Å². The van der Waals surface area contributed by atoms with Crippen LogP contribution in [0.1, 0.15) is 64.2 Å². The van der Waals surface area contributed by atoms with E-state index in [1.165, 1.54) is 29.5 Å². The molecule has 0 aliphatic rings. The number of aryl methyl sites for hydroxylation is 1. The van der Waals surface area contributed by atoms with E-state index in [2.05, 4.69) is 101 Å². The van der Waals surface area contributed by atoms with Crippen LogP contribution in [-0.2, 0) is 6.42 Å². The summed E-state index contributed by atoms with van der Waals surface area (Å²) in [6.07, 6.45) is 5.95. The molecule has 26 heavy (non-hydrogen) atoms. The number of unbranched alkanes of at least 4 members (excludes halogenated alkanes) is 1. The first-order valence-electron chi connectivity index (χ1n) is 9.63. The summed E-state index contributed by atoms with van der Waals surface area (Å²) in [6, 6.07) is 17.3. The fraction of sp³-hybridized carbons (Fsp3) is 0.360. The second-order valence-electron chi connectivity index (χ2n) is 8.17. The van der Waals surface area contributed by atoms with E-state index in [1.807, 2.05) is 0 Å². The predicted octanol–water partition coefficient (Wildman–Crippen LogP) is 7.56. The first-order valence-corrected chi connectivity index (χ1v) is 9.63. The maximum atomic E-state index is 4.20. The molecule has 2 rings (SSSR count). The van der Waals surface area contributed by atoms with Crippen molar-refractivity contribution in [1.29, 1.82) is 0 Å². The zero-order valence-corrected chi connectivity index (χ0v) is 17.0. The molecule has 0 heterocycles. The van der Waals surface area contributed by atoms with E-state index in [0.717, 1.165) is 23.4 Å². The van der Waals surface area contributed by atoms with Gasteiger partial charge in [-0.15, -0.1) is 0 Å². The van der Waals surface area contributed by atoms with Crippen molar-refractivity contribution in [3.05, 3.63) is 77.9 Å². The molecule has 2 aromatic carbocycles. The van der Waals surface area contributed by atoms with E-state index in [0.29, 0.717) is 0 Å². The van der Waals surface area contributed by atoms with Crippen LogP contribution in [0.25, 0.3) is 11.3 Å². The van der Waals surface area contributed by atoms with Gasteiger partial charge >= 0.3 is 0 Å². The van der Waals surface area contributed by atoms with E-state index in [9.17, 15) is 0 Å². The van der Waals surface area contributed by atoms with Gasteiger partial charge < -0.3 is 5.32 Å². The molecule has 0 radical (unpaired) electrons. The van der Waals surface area contributed by atoms with Gasteiger partial charge in [-0.3, -0.25) is 0 Å². The molecule has 0 aliphatic carbocycles. The Morgan fingerprint density at radius 2 is 1.54 bits per heavy atom. The number of hydrogen-bond donors (Lipinski definition) is 1. The first kappa shape index (κ1) is 20.0. The molecule has 2 aromatic rings. The van der Waals surface area contributed by atoms with Gasteiger partial charge in [0.2, 0.25) is 0 Å². The van der Waals surface area contributed by atoms with Gasteiger partial charge in [-0.1, -0.05) is 83.2 Å². The normalized spacial score (nSPS) is 12.1. The van der Waals surface area contributed by atoms with Gasteiger partial charge in [0.15, 0.2) is 0 Å². The highest BCUT2D eigenvalue weighted by Gasteiger charge is 2.08. The van der Waals surface area contributed by atoms with E-state index in [1.54, 1.807) is 0 Å². The molecule has 0 bridgehead atoms. The molecule has 0 amide bonds. The topological polar surface area (TPSA) is 12.0 Å². The Morgan fingerprint density at radius 3 is 2.08 bits per heavy atom. The van der Waals surface area contributed by atoms with Crippen LogP contribution in [0.4, 0.5) is 5.69 Å². The lowest BCUT2D eigenvalue weighted by atomic mass is 9.91. The molecule has 0 fully saturated rings. The Bertz CT molecular complexity index is 740. The van der Waals surface area contributed by atoms with E-state index in [4.69, 9.17) is 0 Å². The molecule has 1 heteroatoms. The molecule has 1 nitrogen and oxygen atoms in total. The number of rotatable bonds is 7. The van der Waals surface area contributed by atoms with Gasteiger partial charge in [0.25, 0.3) is 0 Å². The minimum Gasteiger partial charge on any atom is -0.356 e. The van der Waals surface area contributed by atoms with Gasteiger partial charge in [0.05, 0.1) is 0 Å². The molecule has 0 spiro atoms. The standard InChI is InChI=1S/C25H33N/c1-7-8-9-21-10-16-24(17-11-21)26-20(3)23-14-12-22(13-15-23)19(2)18-25(4,5)6/h10-18,26H,3,7-9H2,1-2,4-6H3/b19-18+. The number of hydrogen-bond acceptors (Lipinski definition) is 1. The van der Waals surface area contributed by atoms with E-state index < -0.39 is 0 Å². The number of benzene rings is 2. The average Bonchev–Trinajstić information content (AvgIpc) is 2.60. The highest BCUT2D eigenvalue weighted by molar-refractivity contribution is 5.76. The molecular formula is C25H33N. The monoisotopic (exact) mass is 347 g/mol. The molecule has 138 valence electrons. The van der Waals surface area contributed by atoms with Crippen molar-refractivity contribution in [2.24, 2.45) is 5.41 Å². The minimum atomic E-state index is 0.192. The lowest BCUT2D eigenvalue weighted by Crippen LogP contribution is -2.00. The Kier molecular flexibility index (Phi) is 6.85. The lowest BCUT2D eigenvalue weighted by molar-refractivity contribution is 0.545. The van der Waals surface area contributed by atoms with Crippen molar-refractivity contribution < 1.29 is 0 Å². The molecule has 0 unspecified atom stereocenters. The summed E-state index contributed by atoms with van der Waals surface area (Å²) in [5.41, 5.74) is 7.29.